The molecule has 2 rings (SSSR count). The standard InChI is InChI=1S/C22H31N3O3/c1-5-13-25(14-6-2)21-11-9-18(16-23-21)24-22(26)12-8-17-7-10-19(27-3)20(15-17)28-4/h7,9-11,15-16H,5-6,8,12-14H2,1-4H3,(H,24,26). The van der Waals surface area contributed by atoms with Crippen molar-refractivity contribution in [1.82, 2.24) is 4.98 Å². The fraction of sp³-hybridized carbons (Fsp3) is 0.455. The van der Waals surface area contributed by atoms with Crippen molar-refractivity contribution in [1.29, 1.82) is 0 Å². The summed E-state index contributed by atoms with van der Waals surface area (Å²) in [7, 11) is 3.21. The van der Waals surface area contributed by atoms with Crippen molar-refractivity contribution >= 4 is 17.4 Å². The van der Waals surface area contributed by atoms with Gasteiger partial charge >= 0.3 is 0 Å². The monoisotopic (exact) mass is 385 g/mol. The molecule has 0 radical (unpaired) electrons. The lowest BCUT2D eigenvalue weighted by molar-refractivity contribution is -0.116. The molecule has 0 spiro atoms. The fourth-order valence-electron chi connectivity index (χ4n) is 3.05. The lowest BCUT2D eigenvalue weighted by Gasteiger charge is -2.22. The molecule has 0 saturated carbocycles. The van der Waals surface area contributed by atoms with Gasteiger partial charge in [-0.05, 0) is 49.1 Å². The van der Waals surface area contributed by atoms with Crippen LogP contribution in [0.1, 0.15) is 38.7 Å². The van der Waals surface area contributed by atoms with Crippen LogP contribution < -0.4 is 19.7 Å². The molecule has 0 saturated heterocycles. The van der Waals surface area contributed by atoms with E-state index in [1.54, 1.807) is 20.4 Å². The minimum Gasteiger partial charge on any atom is -0.493 e. The molecular weight excluding hydrogens is 354 g/mol. The highest BCUT2D eigenvalue weighted by Crippen LogP contribution is 2.28. The van der Waals surface area contributed by atoms with E-state index in [0.29, 0.717) is 30.0 Å². The number of benzene rings is 1. The molecule has 6 heteroatoms. The van der Waals surface area contributed by atoms with E-state index in [-0.39, 0.29) is 5.91 Å². The first-order chi connectivity index (χ1) is 13.6. The average molecular weight is 386 g/mol. The van der Waals surface area contributed by atoms with Crippen molar-refractivity contribution in [2.75, 3.05) is 37.5 Å². The minimum absolute atomic E-state index is 0.0386. The summed E-state index contributed by atoms with van der Waals surface area (Å²) in [5, 5.41) is 2.92. The molecule has 0 aliphatic carbocycles. The quantitative estimate of drug-likeness (QED) is 0.625. The Hall–Kier alpha value is -2.76. The molecule has 0 aliphatic heterocycles. The molecule has 1 N–H and O–H groups in total. The maximum Gasteiger partial charge on any atom is 0.224 e. The van der Waals surface area contributed by atoms with Crippen LogP contribution in [0.5, 0.6) is 11.5 Å². The third kappa shape index (κ3) is 6.15. The van der Waals surface area contributed by atoms with Gasteiger partial charge in [0.2, 0.25) is 5.91 Å². The van der Waals surface area contributed by atoms with Gasteiger partial charge in [0, 0.05) is 19.5 Å². The van der Waals surface area contributed by atoms with Gasteiger partial charge in [-0.3, -0.25) is 4.79 Å². The Bertz CT molecular complexity index is 741. The number of hydrogen-bond acceptors (Lipinski definition) is 5. The van der Waals surface area contributed by atoms with Crippen LogP contribution in [0.3, 0.4) is 0 Å². The average Bonchev–Trinajstić information content (AvgIpc) is 2.72. The maximum absolute atomic E-state index is 12.3. The first kappa shape index (κ1) is 21.5. The number of anilines is 2. The minimum atomic E-state index is -0.0386. The lowest BCUT2D eigenvalue weighted by Crippen LogP contribution is -2.25. The number of amides is 1. The number of ether oxygens (including phenoxy) is 2. The molecule has 1 heterocycles. The Morgan fingerprint density at radius 2 is 1.75 bits per heavy atom. The fourth-order valence-corrected chi connectivity index (χ4v) is 3.05. The summed E-state index contributed by atoms with van der Waals surface area (Å²) in [5.74, 6) is 2.27. The summed E-state index contributed by atoms with van der Waals surface area (Å²) < 4.78 is 10.5. The molecule has 6 nitrogen and oxygen atoms in total. The number of nitrogens with one attached hydrogen (secondary N) is 1. The van der Waals surface area contributed by atoms with Gasteiger partial charge in [0.25, 0.3) is 0 Å². The van der Waals surface area contributed by atoms with Crippen LogP contribution in [0.15, 0.2) is 36.5 Å². The smallest absolute Gasteiger partial charge is 0.224 e. The van der Waals surface area contributed by atoms with Crippen LogP contribution in [0, 0.1) is 0 Å². The van der Waals surface area contributed by atoms with Crippen LogP contribution in [0.25, 0.3) is 0 Å². The van der Waals surface area contributed by atoms with E-state index < -0.39 is 0 Å². The van der Waals surface area contributed by atoms with E-state index in [2.05, 4.69) is 29.0 Å². The number of aryl methyl sites for hydroxylation is 1. The normalized spacial score (nSPS) is 10.4. The van der Waals surface area contributed by atoms with Crippen molar-refractivity contribution in [3.63, 3.8) is 0 Å². The Labute approximate surface area is 167 Å². The summed E-state index contributed by atoms with van der Waals surface area (Å²) in [6.07, 6.45) is 4.89. The van der Waals surface area contributed by atoms with Crippen molar-refractivity contribution in [3.8, 4) is 11.5 Å². The summed E-state index contributed by atoms with van der Waals surface area (Å²) >= 11 is 0. The second kappa shape index (κ2) is 11.2. The SMILES string of the molecule is CCCN(CCC)c1ccc(NC(=O)CCc2ccc(OC)c(OC)c2)cn1. The number of carbonyl (C=O) groups excluding carboxylic acids is 1. The number of aromatic nitrogens is 1. The first-order valence-electron chi connectivity index (χ1n) is 9.83. The van der Waals surface area contributed by atoms with E-state index in [9.17, 15) is 4.79 Å². The van der Waals surface area contributed by atoms with Crippen molar-refractivity contribution in [2.24, 2.45) is 0 Å². The van der Waals surface area contributed by atoms with Gasteiger partial charge in [0.05, 0.1) is 26.1 Å². The molecule has 0 fully saturated rings. The highest BCUT2D eigenvalue weighted by atomic mass is 16.5. The Balaban J connectivity index is 1.90. The summed E-state index contributed by atoms with van der Waals surface area (Å²) in [4.78, 5) is 19.1. The number of pyridine rings is 1. The largest absolute Gasteiger partial charge is 0.493 e. The third-order valence-corrected chi connectivity index (χ3v) is 4.43. The van der Waals surface area contributed by atoms with Gasteiger partial charge in [-0.25, -0.2) is 4.98 Å². The van der Waals surface area contributed by atoms with E-state index in [1.165, 1.54) is 0 Å². The summed E-state index contributed by atoms with van der Waals surface area (Å²) in [6.45, 7) is 6.29. The van der Waals surface area contributed by atoms with Crippen LogP contribution in [-0.4, -0.2) is 38.2 Å². The summed E-state index contributed by atoms with van der Waals surface area (Å²) in [6, 6.07) is 9.58. The maximum atomic E-state index is 12.3. The van der Waals surface area contributed by atoms with Crippen molar-refractivity contribution < 1.29 is 14.3 Å². The molecule has 1 aromatic carbocycles. The summed E-state index contributed by atoms with van der Waals surface area (Å²) in [5.41, 5.74) is 1.74. The Morgan fingerprint density at radius 1 is 1.04 bits per heavy atom. The predicted molar refractivity (Wildman–Crippen MR) is 114 cm³/mol. The second-order valence-corrected chi connectivity index (χ2v) is 6.63. The Morgan fingerprint density at radius 3 is 2.32 bits per heavy atom. The van der Waals surface area contributed by atoms with Crippen LogP contribution in [0.2, 0.25) is 0 Å². The Kier molecular flexibility index (Phi) is 8.59. The highest BCUT2D eigenvalue weighted by molar-refractivity contribution is 5.90. The second-order valence-electron chi connectivity index (χ2n) is 6.63. The zero-order valence-electron chi connectivity index (χ0n) is 17.3. The number of carbonyl (C=O) groups is 1. The molecule has 2 aromatic rings. The van der Waals surface area contributed by atoms with Crippen LogP contribution >= 0.6 is 0 Å². The van der Waals surface area contributed by atoms with Crippen molar-refractivity contribution in [2.45, 2.75) is 39.5 Å². The molecule has 1 amide bonds. The van der Waals surface area contributed by atoms with Gasteiger partial charge in [-0.1, -0.05) is 19.9 Å². The van der Waals surface area contributed by atoms with E-state index in [1.807, 2.05) is 30.3 Å². The van der Waals surface area contributed by atoms with Gasteiger partial charge in [-0.15, -0.1) is 0 Å². The first-order valence-corrected chi connectivity index (χ1v) is 9.83. The molecule has 152 valence electrons. The lowest BCUT2D eigenvalue weighted by atomic mass is 10.1. The van der Waals surface area contributed by atoms with E-state index in [4.69, 9.17) is 9.47 Å². The third-order valence-electron chi connectivity index (χ3n) is 4.43. The topological polar surface area (TPSA) is 63.7 Å². The molecule has 28 heavy (non-hydrogen) atoms. The predicted octanol–water partition coefficient (Wildman–Crippen LogP) is 4.30. The van der Waals surface area contributed by atoms with Gasteiger partial charge < -0.3 is 19.7 Å². The van der Waals surface area contributed by atoms with Gasteiger partial charge in [0.1, 0.15) is 5.82 Å². The van der Waals surface area contributed by atoms with E-state index in [0.717, 1.165) is 37.3 Å². The number of hydrogen-bond donors (Lipinski definition) is 1. The zero-order valence-corrected chi connectivity index (χ0v) is 17.3. The number of nitrogens with zero attached hydrogens (tertiary/aromatic N) is 2. The molecule has 0 bridgehead atoms. The molecule has 0 unspecified atom stereocenters. The molecular formula is C22H31N3O3. The molecule has 1 aromatic heterocycles. The van der Waals surface area contributed by atoms with Gasteiger partial charge in [-0.2, -0.15) is 0 Å². The van der Waals surface area contributed by atoms with Crippen LogP contribution in [-0.2, 0) is 11.2 Å². The number of methoxy groups -OCH3 is 2. The van der Waals surface area contributed by atoms with Crippen molar-refractivity contribution in [3.05, 3.63) is 42.1 Å². The number of rotatable bonds is 11. The zero-order chi connectivity index (χ0) is 20.4. The molecule has 0 aliphatic rings. The molecule has 0 atom stereocenters. The van der Waals surface area contributed by atoms with E-state index >= 15 is 0 Å². The van der Waals surface area contributed by atoms with Gasteiger partial charge in [0.15, 0.2) is 11.5 Å². The van der Waals surface area contributed by atoms with Crippen LogP contribution in [0.4, 0.5) is 11.5 Å². The highest BCUT2D eigenvalue weighted by Gasteiger charge is 2.09.